The minimum Gasteiger partial charge on any atom is -0.398 e. The highest BCUT2D eigenvalue weighted by Gasteiger charge is 2.37. The van der Waals surface area contributed by atoms with Gasteiger partial charge in [-0.25, -0.2) is 0 Å². The minimum absolute atomic E-state index is 0.226. The largest absolute Gasteiger partial charge is 0.398 e. The van der Waals surface area contributed by atoms with Gasteiger partial charge in [0.2, 0.25) is 0 Å². The molecule has 0 atom stereocenters. The molecule has 1 fully saturated rings. The fraction of sp³-hybridized carbons (Fsp3) is 0.571. The SMILES string of the molecule is NCC1(C(=O)Cc2cnccc2N)CCCCC1. The number of Topliss-reactive ketones (excluding diaryl/α,β-unsaturated/α-hetero) is 1. The van der Waals surface area contributed by atoms with Crippen LogP contribution in [0.4, 0.5) is 5.69 Å². The first-order valence-electron chi connectivity index (χ1n) is 6.60. The maximum Gasteiger partial charge on any atom is 0.144 e. The number of anilines is 1. The molecule has 1 saturated carbocycles. The first kappa shape index (κ1) is 13.0. The number of carbonyl (C=O) groups is 1. The van der Waals surface area contributed by atoms with Crippen LogP contribution in [0.25, 0.3) is 0 Å². The van der Waals surface area contributed by atoms with Crippen LogP contribution in [-0.4, -0.2) is 17.3 Å². The summed E-state index contributed by atoms with van der Waals surface area (Å²) in [6.07, 6.45) is 8.94. The van der Waals surface area contributed by atoms with Crippen molar-refractivity contribution in [1.29, 1.82) is 0 Å². The maximum atomic E-state index is 12.5. The summed E-state index contributed by atoms with van der Waals surface area (Å²) in [5.74, 6) is 0.226. The van der Waals surface area contributed by atoms with Gasteiger partial charge in [0.05, 0.1) is 0 Å². The lowest BCUT2D eigenvalue weighted by atomic mass is 9.70. The van der Waals surface area contributed by atoms with Crippen molar-refractivity contribution in [3.05, 3.63) is 24.0 Å². The normalized spacial score (nSPS) is 18.5. The lowest BCUT2D eigenvalue weighted by molar-refractivity contribution is -0.129. The van der Waals surface area contributed by atoms with Crippen LogP contribution in [0, 0.1) is 5.41 Å². The third-order valence-electron chi connectivity index (χ3n) is 4.09. The van der Waals surface area contributed by atoms with Gasteiger partial charge in [0.25, 0.3) is 0 Å². The highest BCUT2D eigenvalue weighted by molar-refractivity contribution is 5.88. The number of aromatic nitrogens is 1. The molecule has 1 aromatic heterocycles. The number of rotatable bonds is 4. The van der Waals surface area contributed by atoms with Gasteiger partial charge in [-0.3, -0.25) is 9.78 Å². The van der Waals surface area contributed by atoms with E-state index in [4.69, 9.17) is 11.5 Å². The van der Waals surface area contributed by atoms with Crippen molar-refractivity contribution in [2.45, 2.75) is 38.5 Å². The van der Waals surface area contributed by atoms with Gasteiger partial charge in [-0.1, -0.05) is 19.3 Å². The fourth-order valence-corrected chi connectivity index (χ4v) is 2.77. The zero-order chi connectivity index (χ0) is 13.0. The molecule has 98 valence electrons. The molecule has 0 radical (unpaired) electrons. The van der Waals surface area contributed by atoms with Crippen LogP contribution in [0.5, 0.6) is 0 Å². The third kappa shape index (κ3) is 2.53. The number of nitrogen functional groups attached to an aromatic ring is 1. The number of nitrogens with two attached hydrogens (primary N) is 2. The van der Waals surface area contributed by atoms with E-state index in [1.807, 2.05) is 0 Å². The van der Waals surface area contributed by atoms with E-state index >= 15 is 0 Å². The summed E-state index contributed by atoms with van der Waals surface area (Å²) in [5.41, 5.74) is 12.9. The molecule has 4 N–H and O–H groups in total. The van der Waals surface area contributed by atoms with E-state index in [0.717, 1.165) is 31.2 Å². The average Bonchev–Trinajstić information content (AvgIpc) is 2.42. The lowest BCUT2D eigenvalue weighted by Crippen LogP contribution is -2.41. The molecule has 0 aliphatic heterocycles. The molecule has 0 saturated heterocycles. The summed E-state index contributed by atoms with van der Waals surface area (Å²) in [6, 6.07) is 1.73. The third-order valence-corrected chi connectivity index (χ3v) is 4.09. The van der Waals surface area contributed by atoms with E-state index in [0.29, 0.717) is 18.7 Å². The Kier molecular flexibility index (Phi) is 3.97. The fourth-order valence-electron chi connectivity index (χ4n) is 2.77. The van der Waals surface area contributed by atoms with E-state index in [2.05, 4.69) is 4.98 Å². The summed E-state index contributed by atoms with van der Waals surface area (Å²) in [6.45, 7) is 0.450. The quantitative estimate of drug-likeness (QED) is 0.848. The Bertz CT molecular complexity index is 425. The van der Waals surface area contributed by atoms with E-state index in [1.54, 1.807) is 18.5 Å². The van der Waals surface area contributed by atoms with Crippen molar-refractivity contribution < 1.29 is 4.79 Å². The molecular weight excluding hydrogens is 226 g/mol. The van der Waals surface area contributed by atoms with Gasteiger partial charge in [0.1, 0.15) is 5.78 Å². The van der Waals surface area contributed by atoms with Crippen LogP contribution in [0.2, 0.25) is 0 Å². The monoisotopic (exact) mass is 247 g/mol. The molecule has 1 aliphatic carbocycles. The number of pyridine rings is 1. The second kappa shape index (κ2) is 5.48. The van der Waals surface area contributed by atoms with Gasteiger partial charge in [-0.15, -0.1) is 0 Å². The van der Waals surface area contributed by atoms with Crippen LogP contribution in [0.1, 0.15) is 37.7 Å². The van der Waals surface area contributed by atoms with E-state index < -0.39 is 0 Å². The van der Waals surface area contributed by atoms with Crippen molar-refractivity contribution in [1.82, 2.24) is 4.98 Å². The molecule has 2 rings (SSSR count). The van der Waals surface area contributed by atoms with E-state index in [9.17, 15) is 4.79 Å². The molecule has 1 aliphatic rings. The Balaban J connectivity index is 2.13. The predicted octanol–water partition coefficient (Wildman–Crippen LogP) is 1.68. The molecule has 1 aromatic rings. The second-order valence-electron chi connectivity index (χ2n) is 5.22. The zero-order valence-corrected chi connectivity index (χ0v) is 10.7. The first-order chi connectivity index (χ1) is 8.68. The smallest absolute Gasteiger partial charge is 0.144 e. The molecular formula is C14H21N3O. The average molecular weight is 247 g/mol. The van der Waals surface area contributed by atoms with Crippen molar-refractivity contribution in [2.75, 3.05) is 12.3 Å². The molecule has 0 aromatic carbocycles. The molecule has 18 heavy (non-hydrogen) atoms. The first-order valence-corrected chi connectivity index (χ1v) is 6.60. The Labute approximate surface area is 108 Å². The predicted molar refractivity (Wildman–Crippen MR) is 71.9 cm³/mol. The molecule has 0 amide bonds. The van der Waals surface area contributed by atoms with Gasteiger partial charge in [-0.2, -0.15) is 0 Å². The van der Waals surface area contributed by atoms with Crippen molar-refractivity contribution in [2.24, 2.45) is 11.1 Å². The molecule has 4 heteroatoms. The summed E-state index contributed by atoms with van der Waals surface area (Å²) in [7, 11) is 0. The Hall–Kier alpha value is -1.42. The zero-order valence-electron chi connectivity index (χ0n) is 10.7. The van der Waals surface area contributed by atoms with Crippen molar-refractivity contribution in [3.63, 3.8) is 0 Å². The highest BCUT2D eigenvalue weighted by Crippen LogP contribution is 2.37. The highest BCUT2D eigenvalue weighted by atomic mass is 16.1. The van der Waals surface area contributed by atoms with Crippen LogP contribution >= 0.6 is 0 Å². The van der Waals surface area contributed by atoms with Crippen LogP contribution in [-0.2, 0) is 11.2 Å². The van der Waals surface area contributed by atoms with E-state index in [-0.39, 0.29) is 11.2 Å². The molecule has 0 unspecified atom stereocenters. The maximum absolute atomic E-state index is 12.5. The number of hydrogen-bond donors (Lipinski definition) is 2. The van der Waals surface area contributed by atoms with Crippen LogP contribution < -0.4 is 11.5 Å². The van der Waals surface area contributed by atoms with Crippen LogP contribution in [0.3, 0.4) is 0 Å². The second-order valence-corrected chi connectivity index (χ2v) is 5.22. The van der Waals surface area contributed by atoms with Gasteiger partial charge in [0, 0.05) is 42.0 Å². The summed E-state index contributed by atoms with van der Waals surface area (Å²) >= 11 is 0. The van der Waals surface area contributed by atoms with Crippen molar-refractivity contribution in [3.8, 4) is 0 Å². The lowest BCUT2D eigenvalue weighted by Gasteiger charge is -2.34. The molecule has 0 bridgehead atoms. The molecule has 4 nitrogen and oxygen atoms in total. The summed E-state index contributed by atoms with van der Waals surface area (Å²) < 4.78 is 0. The topological polar surface area (TPSA) is 82.0 Å². The summed E-state index contributed by atoms with van der Waals surface area (Å²) in [4.78, 5) is 16.5. The van der Waals surface area contributed by atoms with Gasteiger partial charge < -0.3 is 11.5 Å². The van der Waals surface area contributed by atoms with Crippen LogP contribution in [0.15, 0.2) is 18.5 Å². The standard InChI is InChI=1S/C14H21N3O/c15-10-14(5-2-1-3-6-14)13(18)8-11-9-17-7-4-12(11)16/h4,7,9H,1-3,5-6,8,10,15H2,(H2,16,17). The Morgan fingerprint density at radius 3 is 2.67 bits per heavy atom. The van der Waals surface area contributed by atoms with E-state index in [1.165, 1.54) is 6.42 Å². The number of carbonyl (C=O) groups excluding carboxylic acids is 1. The van der Waals surface area contributed by atoms with Gasteiger partial charge >= 0.3 is 0 Å². The molecule has 0 spiro atoms. The van der Waals surface area contributed by atoms with Gasteiger partial charge in [-0.05, 0) is 18.9 Å². The molecule has 1 heterocycles. The van der Waals surface area contributed by atoms with Gasteiger partial charge in [0.15, 0.2) is 0 Å². The number of nitrogens with zero attached hydrogens (tertiary/aromatic N) is 1. The number of ketones is 1. The van der Waals surface area contributed by atoms with Crippen molar-refractivity contribution >= 4 is 11.5 Å². The number of hydrogen-bond acceptors (Lipinski definition) is 4. The Morgan fingerprint density at radius 2 is 2.06 bits per heavy atom. The minimum atomic E-state index is -0.319. The Morgan fingerprint density at radius 1 is 1.33 bits per heavy atom. The summed E-state index contributed by atoms with van der Waals surface area (Å²) in [5, 5.41) is 0.